The molecule has 0 bridgehead atoms. The Morgan fingerprint density at radius 1 is 1.21 bits per heavy atom. The first kappa shape index (κ1) is 15.6. The molecule has 0 unspecified atom stereocenters. The molecule has 0 saturated heterocycles. The van der Waals surface area contributed by atoms with E-state index < -0.39 is 23.8 Å². The van der Waals surface area contributed by atoms with E-state index >= 15 is 0 Å². The maximum atomic E-state index is 12.3. The zero-order valence-corrected chi connectivity index (χ0v) is 11.2. The highest BCUT2D eigenvalue weighted by molar-refractivity contribution is 5.91. The van der Waals surface area contributed by atoms with Crippen LogP contribution < -0.4 is 17.3 Å². The number of ketones is 1. The highest BCUT2D eigenvalue weighted by Crippen LogP contribution is 2.32. The van der Waals surface area contributed by atoms with Gasteiger partial charge in [-0.15, -0.1) is 0 Å². The van der Waals surface area contributed by atoms with Gasteiger partial charge in [0.25, 0.3) is 0 Å². The Balaban J connectivity index is 2.84. The zero-order valence-electron chi connectivity index (χ0n) is 11.2. The molecule has 7 heteroatoms. The molecule has 2 amide bonds. The second-order valence-corrected chi connectivity index (χ2v) is 5.01. The van der Waals surface area contributed by atoms with Crippen LogP contribution in [-0.2, 0) is 14.4 Å². The summed E-state index contributed by atoms with van der Waals surface area (Å²) in [6.45, 7) is 1.35. The summed E-state index contributed by atoms with van der Waals surface area (Å²) < 4.78 is 0. The highest BCUT2D eigenvalue weighted by atomic mass is 16.2. The molecule has 0 aromatic rings. The molecule has 0 aromatic carbocycles. The number of nitrogens with two attached hydrogens (primary N) is 3. The highest BCUT2D eigenvalue weighted by Gasteiger charge is 2.38. The minimum atomic E-state index is -1.03. The molecule has 1 rings (SSSR count). The molecule has 7 nitrogen and oxygen atoms in total. The normalized spacial score (nSPS) is 24.6. The Labute approximate surface area is 112 Å². The second-order valence-electron chi connectivity index (χ2n) is 5.01. The molecule has 0 aromatic heterocycles. The van der Waals surface area contributed by atoms with E-state index in [1.807, 2.05) is 0 Å². The molecule has 108 valence electrons. The largest absolute Gasteiger partial charge is 0.368 e. The molecule has 19 heavy (non-hydrogen) atoms. The fraction of sp³-hybridized carbons (Fsp3) is 0.750. The summed E-state index contributed by atoms with van der Waals surface area (Å²) in [5, 5.41) is 0.800. The fourth-order valence-electron chi connectivity index (χ4n) is 2.62. The molecule has 0 spiro atoms. The van der Waals surface area contributed by atoms with E-state index in [2.05, 4.69) is 0 Å². The number of Topliss-reactive ketones (excluding diaryl/α,β-unsaturated/α-hetero) is 1. The fourth-order valence-corrected chi connectivity index (χ4v) is 2.62. The van der Waals surface area contributed by atoms with E-state index in [9.17, 15) is 14.4 Å². The van der Waals surface area contributed by atoms with Gasteiger partial charge < -0.3 is 11.5 Å². The van der Waals surface area contributed by atoms with E-state index in [1.165, 1.54) is 6.92 Å². The van der Waals surface area contributed by atoms with Crippen molar-refractivity contribution in [3.05, 3.63) is 0 Å². The first-order chi connectivity index (χ1) is 8.90. The van der Waals surface area contributed by atoms with Crippen LogP contribution in [0.2, 0.25) is 0 Å². The van der Waals surface area contributed by atoms with Gasteiger partial charge in [0.2, 0.25) is 11.8 Å². The van der Waals surface area contributed by atoms with Gasteiger partial charge >= 0.3 is 0 Å². The summed E-state index contributed by atoms with van der Waals surface area (Å²) in [6.07, 6.45) is 3.09. The van der Waals surface area contributed by atoms with Crippen molar-refractivity contribution in [3.63, 3.8) is 0 Å². The number of hydrazine groups is 1. The summed E-state index contributed by atoms with van der Waals surface area (Å²) >= 11 is 0. The maximum absolute atomic E-state index is 12.3. The number of hydrogen-bond acceptors (Lipinski definition) is 5. The average molecular weight is 270 g/mol. The van der Waals surface area contributed by atoms with Crippen LogP contribution in [0.15, 0.2) is 0 Å². The molecule has 0 aliphatic heterocycles. The molecule has 1 aliphatic carbocycles. The van der Waals surface area contributed by atoms with E-state index in [4.69, 9.17) is 17.3 Å². The van der Waals surface area contributed by atoms with Crippen molar-refractivity contribution < 1.29 is 14.4 Å². The summed E-state index contributed by atoms with van der Waals surface area (Å²) in [5.74, 6) is 3.69. The SMILES string of the molecule is CC(=O)[C@H]1CCCC[C@H]1C(=O)N(N)[C@@H](CN)C(N)=O. The third-order valence-electron chi connectivity index (χ3n) is 3.75. The van der Waals surface area contributed by atoms with Crippen molar-refractivity contribution in [1.82, 2.24) is 5.01 Å². The van der Waals surface area contributed by atoms with Gasteiger partial charge in [0, 0.05) is 18.4 Å². The number of nitrogens with zero attached hydrogens (tertiary/aromatic N) is 1. The third kappa shape index (κ3) is 3.51. The van der Waals surface area contributed by atoms with Crippen molar-refractivity contribution in [1.29, 1.82) is 0 Å². The Bertz CT molecular complexity index is 372. The van der Waals surface area contributed by atoms with Crippen LogP contribution in [0.1, 0.15) is 32.6 Å². The van der Waals surface area contributed by atoms with E-state index in [1.54, 1.807) is 0 Å². The summed E-state index contributed by atoms with van der Waals surface area (Å²) in [6, 6.07) is -1.03. The number of carbonyl (C=O) groups is 3. The van der Waals surface area contributed by atoms with Crippen molar-refractivity contribution in [2.75, 3.05) is 6.54 Å². The molecule has 1 aliphatic rings. The molecule has 3 atom stereocenters. The Kier molecular flexibility index (Phi) is 5.44. The van der Waals surface area contributed by atoms with Gasteiger partial charge in [-0.2, -0.15) is 0 Å². The molecule has 6 N–H and O–H groups in total. The molecule has 1 saturated carbocycles. The van der Waals surface area contributed by atoms with Crippen LogP contribution in [0.5, 0.6) is 0 Å². The number of hydrogen-bond donors (Lipinski definition) is 3. The van der Waals surface area contributed by atoms with Crippen molar-refractivity contribution in [3.8, 4) is 0 Å². The van der Waals surface area contributed by atoms with Crippen LogP contribution in [0.4, 0.5) is 0 Å². The summed E-state index contributed by atoms with van der Waals surface area (Å²) in [5.41, 5.74) is 10.5. The Hall–Kier alpha value is -1.47. The van der Waals surface area contributed by atoms with Crippen LogP contribution >= 0.6 is 0 Å². The van der Waals surface area contributed by atoms with Crippen molar-refractivity contribution in [2.45, 2.75) is 38.6 Å². The van der Waals surface area contributed by atoms with Crippen LogP contribution in [0.3, 0.4) is 0 Å². The first-order valence-electron chi connectivity index (χ1n) is 6.47. The number of carbonyl (C=O) groups excluding carboxylic acids is 3. The lowest BCUT2D eigenvalue weighted by Gasteiger charge is -2.33. The summed E-state index contributed by atoms with van der Waals surface area (Å²) in [4.78, 5) is 35.1. The molecular formula is C12H22N4O3. The number of amides is 2. The van der Waals surface area contributed by atoms with Gasteiger partial charge in [-0.05, 0) is 19.8 Å². The minimum absolute atomic E-state index is 0.0187. The van der Waals surface area contributed by atoms with Gasteiger partial charge in [-0.3, -0.25) is 19.4 Å². The smallest absolute Gasteiger partial charge is 0.243 e. The lowest BCUT2D eigenvalue weighted by atomic mass is 9.76. The molecular weight excluding hydrogens is 248 g/mol. The topological polar surface area (TPSA) is 133 Å². The molecule has 0 heterocycles. The maximum Gasteiger partial charge on any atom is 0.243 e. The van der Waals surface area contributed by atoms with E-state index in [-0.39, 0.29) is 18.2 Å². The Morgan fingerprint density at radius 3 is 2.16 bits per heavy atom. The lowest BCUT2D eigenvalue weighted by Crippen LogP contribution is -2.58. The summed E-state index contributed by atoms with van der Waals surface area (Å²) in [7, 11) is 0. The zero-order chi connectivity index (χ0) is 14.6. The first-order valence-corrected chi connectivity index (χ1v) is 6.47. The lowest BCUT2D eigenvalue weighted by molar-refractivity contribution is -0.147. The van der Waals surface area contributed by atoms with Gasteiger partial charge in [0.05, 0.1) is 0 Å². The molecule has 0 radical (unpaired) electrons. The third-order valence-corrected chi connectivity index (χ3v) is 3.75. The van der Waals surface area contributed by atoms with Gasteiger partial charge in [0.15, 0.2) is 0 Å². The second kappa shape index (κ2) is 6.63. The number of rotatable bonds is 5. The van der Waals surface area contributed by atoms with Gasteiger partial charge in [-0.25, -0.2) is 5.84 Å². The van der Waals surface area contributed by atoms with Crippen LogP contribution in [0, 0.1) is 11.8 Å². The Morgan fingerprint density at radius 2 is 1.74 bits per heavy atom. The van der Waals surface area contributed by atoms with Crippen LogP contribution in [0.25, 0.3) is 0 Å². The monoisotopic (exact) mass is 270 g/mol. The van der Waals surface area contributed by atoms with E-state index in [0.29, 0.717) is 12.8 Å². The van der Waals surface area contributed by atoms with Gasteiger partial charge in [-0.1, -0.05) is 12.8 Å². The quantitative estimate of drug-likeness (QED) is 0.331. The van der Waals surface area contributed by atoms with Crippen LogP contribution in [-0.4, -0.2) is 35.2 Å². The minimum Gasteiger partial charge on any atom is -0.368 e. The van der Waals surface area contributed by atoms with Gasteiger partial charge in [0.1, 0.15) is 11.8 Å². The molecule has 1 fully saturated rings. The number of primary amides is 1. The average Bonchev–Trinajstić information content (AvgIpc) is 2.38. The standard InChI is InChI=1S/C12H22N4O3/c1-7(17)8-4-2-3-5-9(8)12(19)16(15)10(6-13)11(14)18/h8-10H,2-6,13,15H2,1H3,(H2,14,18)/t8-,9-,10+/m1/s1. The predicted octanol–water partition coefficient (Wildman–Crippen LogP) is -1.10. The van der Waals surface area contributed by atoms with E-state index in [0.717, 1.165) is 17.9 Å². The predicted molar refractivity (Wildman–Crippen MR) is 69.2 cm³/mol. The van der Waals surface area contributed by atoms with Crippen molar-refractivity contribution >= 4 is 17.6 Å². The van der Waals surface area contributed by atoms with Crippen molar-refractivity contribution in [2.24, 2.45) is 29.1 Å².